The molecular weight excluding hydrogens is 258 g/mol. The quantitative estimate of drug-likeness (QED) is 0.880. The maximum atomic E-state index is 6.20. The Morgan fingerprint density at radius 1 is 1.47 bits per heavy atom. The van der Waals surface area contributed by atoms with Crippen LogP contribution in [0.25, 0.3) is 0 Å². The maximum Gasteiger partial charge on any atom is 0.122 e. The van der Waals surface area contributed by atoms with Crippen LogP contribution in [0, 0.1) is 5.92 Å². The monoisotopic (exact) mass is 281 g/mol. The average molecular weight is 282 g/mol. The van der Waals surface area contributed by atoms with Gasteiger partial charge in [0.25, 0.3) is 0 Å². The van der Waals surface area contributed by atoms with Crippen LogP contribution < -0.4 is 10.1 Å². The Balaban J connectivity index is 2.36. The Hall–Kier alpha value is -0.730. The zero-order valence-electron chi connectivity index (χ0n) is 12.3. The Labute approximate surface area is 121 Å². The first-order chi connectivity index (χ1) is 8.99. The molecule has 2 nitrogen and oxygen atoms in total. The lowest BCUT2D eigenvalue weighted by Crippen LogP contribution is -2.51. The Kier molecular flexibility index (Phi) is 4.42. The molecule has 2 atom stereocenters. The molecule has 0 amide bonds. The number of hydrogen-bond acceptors (Lipinski definition) is 2. The van der Waals surface area contributed by atoms with Crippen molar-refractivity contribution in [3.63, 3.8) is 0 Å². The highest BCUT2D eigenvalue weighted by Crippen LogP contribution is 2.51. The molecule has 1 aromatic rings. The van der Waals surface area contributed by atoms with E-state index in [1.807, 2.05) is 12.1 Å². The highest BCUT2D eigenvalue weighted by atomic mass is 35.5. The minimum Gasteiger partial charge on any atom is -0.496 e. The van der Waals surface area contributed by atoms with Crippen LogP contribution in [0.4, 0.5) is 0 Å². The molecule has 3 heteroatoms. The molecule has 2 unspecified atom stereocenters. The number of hydrogen-bond donors (Lipinski definition) is 1. The van der Waals surface area contributed by atoms with Crippen LogP contribution in [0.15, 0.2) is 18.2 Å². The summed E-state index contributed by atoms with van der Waals surface area (Å²) in [5, 5.41) is 4.38. The Morgan fingerprint density at radius 2 is 2.21 bits per heavy atom. The standard InChI is InChI=1S/C16H24ClNO/c1-11(2)18-10-16(8-7-12(16)3)14-9-13(17)5-6-15(14)19-4/h5-6,9,11-12,18H,7-8,10H2,1-4H3. The van der Waals surface area contributed by atoms with Gasteiger partial charge in [0.05, 0.1) is 7.11 Å². The van der Waals surface area contributed by atoms with E-state index in [0.717, 1.165) is 17.3 Å². The molecule has 0 radical (unpaired) electrons. The van der Waals surface area contributed by atoms with Crippen LogP contribution in [0.1, 0.15) is 39.2 Å². The summed E-state index contributed by atoms with van der Waals surface area (Å²) in [5.41, 5.74) is 1.43. The molecule has 0 heterocycles. The van der Waals surface area contributed by atoms with E-state index in [2.05, 4.69) is 32.2 Å². The molecule has 1 aromatic carbocycles. The predicted molar refractivity (Wildman–Crippen MR) is 81.2 cm³/mol. The van der Waals surface area contributed by atoms with E-state index in [9.17, 15) is 0 Å². The first-order valence-corrected chi connectivity index (χ1v) is 7.45. The highest BCUT2D eigenvalue weighted by molar-refractivity contribution is 6.30. The van der Waals surface area contributed by atoms with Crippen molar-refractivity contribution in [3.05, 3.63) is 28.8 Å². The summed E-state index contributed by atoms with van der Waals surface area (Å²) in [4.78, 5) is 0. The van der Waals surface area contributed by atoms with Gasteiger partial charge < -0.3 is 10.1 Å². The van der Waals surface area contributed by atoms with Crippen molar-refractivity contribution >= 4 is 11.6 Å². The summed E-state index contributed by atoms with van der Waals surface area (Å²) in [5.74, 6) is 1.62. The van der Waals surface area contributed by atoms with Crippen molar-refractivity contribution in [2.75, 3.05) is 13.7 Å². The molecular formula is C16H24ClNO. The van der Waals surface area contributed by atoms with Crippen molar-refractivity contribution in [2.24, 2.45) is 5.92 Å². The molecule has 1 aliphatic rings. The largest absolute Gasteiger partial charge is 0.496 e. The summed E-state index contributed by atoms with van der Waals surface area (Å²) in [6.07, 6.45) is 2.47. The van der Waals surface area contributed by atoms with Gasteiger partial charge in [-0.1, -0.05) is 32.4 Å². The van der Waals surface area contributed by atoms with E-state index >= 15 is 0 Å². The smallest absolute Gasteiger partial charge is 0.122 e. The lowest BCUT2D eigenvalue weighted by molar-refractivity contribution is 0.127. The van der Waals surface area contributed by atoms with Gasteiger partial charge in [-0.05, 0) is 37.0 Å². The normalized spacial score (nSPS) is 26.3. The van der Waals surface area contributed by atoms with Crippen molar-refractivity contribution < 1.29 is 4.74 Å². The number of nitrogens with one attached hydrogen (secondary N) is 1. The first-order valence-electron chi connectivity index (χ1n) is 7.07. The van der Waals surface area contributed by atoms with Crippen LogP contribution in [0.5, 0.6) is 5.75 Å². The number of ether oxygens (including phenoxy) is 1. The molecule has 2 rings (SSSR count). The fourth-order valence-electron chi connectivity index (χ4n) is 2.99. The minimum atomic E-state index is 0.167. The Morgan fingerprint density at radius 3 is 2.68 bits per heavy atom. The van der Waals surface area contributed by atoms with Gasteiger partial charge in [-0.2, -0.15) is 0 Å². The van der Waals surface area contributed by atoms with Crippen LogP contribution in [0.2, 0.25) is 5.02 Å². The summed E-state index contributed by atoms with van der Waals surface area (Å²) < 4.78 is 5.55. The zero-order valence-corrected chi connectivity index (χ0v) is 13.1. The van der Waals surface area contributed by atoms with Gasteiger partial charge in [-0.15, -0.1) is 0 Å². The highest BCUT2D eigenvalue weighted by Gasteiger charge is 2.46. The van der Waals surface area contributed by atoms with Crippen LogP contribution in [-0.4, -0.2) is 19.7 Å². The second-order valence-corrected chi connectivity index (χ2v) is 6.41. The van der Waals surface area contributed by atoms with Crippen LogP contribution >= 0.6 is 11.6 Å². The maximum absolute atomic E-state index is 6.20. The van der Waals surface area contributed by atoms with Crippen molar-refractivity contribution in [3.8, 4) is 5.75 Å². The van der Waals surface area contributed by atoms with Crippen molar-refractivity contribution in [2.45, 2.75) is 45.1 Å². The molecule has 0 saturated heterocycles. The lowest BCUT2D eigenvalue weighted by Gasteiger charge is -2.49. The third-order valence-corrected chi connectivity index (χ3v) is 4.73. The van der Waals surface area contributed by atoms with Gasteiger partial charge in [-0.25, -0.2) is 0 Å². The topological polar surface area (TPSA) is 21.3 Å². The molecule has 19 heavy (non-hydrogen) atoms. The third-order valence-electron chi connectivity index (χ3n) is 4.49. The van der Waals surface area contributed by atoms with E-state index < -0.39 is 0 Å². The zero-order chi connectivity index (χ0) is 14.0. The molecule has 0 bridgehead atoms. The van der Waals surface area contributed by atoms with Crippen LogP contribution in [0.3, 0.4) is 0 Å². The van der Waals surface area contributed by atoms with E-state index in [-0.39, 0.29) is 5.41 Å². The molecule has 1 fully saturated rings. The molecule has 1 saturated carbocycles. The summed E-state index contributed by atoms with van der Waals surface area (Å²) in [6.45, 7) is 7.69. The predicted octanol–water partition coefficient (Wildman–Crippen LogP) is 4.01. The number of methoxy groups -OCH3 is 1. The lowest BCUT2D eigenvalue weighted by atomic mass is 9.57. The van der Waals surface area contributed by atoms with Gasteiger partial charge in [-0.3, -0.25) is 0 Å². The van der Waals surface area contributed by atoms with E-state index in [0.29, 0.717) is 12.0 Å². The number of benzene rings is 1. The van der Waals surface area contributed by atoms with E-state index in [1.165, 1.54) is 18.4 Å². The van der Waals surface area contributed by atoms with Gasteiger partial charge >= 0.3 is 0 Å². The third kappa shape index (κ3) is 2.75. The Bertz CT molecular complexity index is 446. The van der Waals surface area contributed by atoms with Gasteiger partial charge in [0, 0.05) is 28.6 Å². The second kappa shape index (κ2) is 5.72. The van der Waals surface area contributed by atoms with E-state index in [4.69, 9.17) is 16.3 Å². The fraction of sp³-hybridized carbons (Fsp3) is 0.625. The molecule has 0 aromatic heterocycles. The molecule has 106 valence electrons. The number of halogens is 1. The molecule has 1 aliphatic carbocycles. The van der Waals surface area contributed by atoms with Gasteiger partial charge in [0.1, 0.15) is 5.75 Å². The first kappa shape index (κ1) is 14.7. The minimum absolute atomic E-state index is 0.167. The fourth-order valence-corrected chi connectivity index (χ4v) is 3.17. The van der Waals surface area contributed by atoms with E-state index in [1.54, 1.807) is 7.11 Å². The van der Waals surface area contributed by atoms with Gasteiger partial charge in [0.2, 0.25) is 0 Å². The van der Waals surface area contributed by atoms with Crippen molar-refractivity contribution in [1.82, 2.24) is 5.32 Å². The van der Waals surface area contributed by atoms with Crippen LogP contribution in [-0.2, 0) is 5.41 Å². The SMILES string of the molecule is COc1ccc(Cl)cc1C1(CNC(C)C)CCC1C. The summed E-state index contributed by atoms with van der Waals surface area (Å²) in [6, 6.07) is 6.46. The average Bonchev–Trinajstić information content (AvgIpc) is 2.37. The molecule has 0 spiro atoms. The summed E-state index contributed by atoms with van der Waals surface area (Å²) >= 11 is 6.20. The van der Waals surface area contributed by atoms with Crippen molar-refractivity contribution in [1.29, 1.82) is 0 Å². The number of rotatable bonds is 5. The van der Waals surface area contributed by atoms with Gasteiger partial charge in [0.15, 0.2) is 0 Å². The summed E-state index contributed by atoms with van der Waals surface area (Å²) in [7, 11) is 1.74. The molecule has 1 N–H and O–H groups in total. The second-order valence-electron chi connectivity index (χ2n) is 5.98. The molecule has 0 aliphatic heterocycles.